The van der Waals surface area contributed by atoms with E-state index in [4.69, 9.17) is 4.43 Å². The topological polar surface area (TPSA) is 46.5 Å². The highest BCUT2D eigenvalue weighted by Crippen LogP contribution is 2.68. The van der Waals surface area contributed by atoms with Gasteiger partial charge in [0.2, 0.25) is 8.32 Å². The van der Waals surface area contributed by atoms with Gasteiger partial charge in [-0.05, 0) is 78.3 Å². The smallest absolute Gasteiger partial charge is 0.200 e. The Kier molecular flexibility index (Phi) is 8.05. The Morgan fingerprint density at radius 3 is 2.12 bits per heavy atom. The van der Waals surface area contributed by atoms with Crippen LogP contribution in [0.3, 0.4) is 0 Å². The summed E-state index contributed by atoms with van der Waals surface area (Å²) in [4.78, 5) is 13.1. The van der Waals surface area contributed by atoms with Crippen LogP contribution in [-0.4, -0.2) is 31.4 Å². The molecule has 0 spiro atoms. The van der Waals surface area contributed by atoms with Crippen molar-refractivity contribution < 1.29 is 14.3 Å². The van der Waals surface area contributed by atoms with Crippen LogP contribution in [0, 0.1) is 34.5 Å². The van der Waals surface area contributed by atoms with Gasteiger partial charge >= 0.3 is 0 Å². The van der Waals surface area contributed by atoms with Crippen molar-refractivity contribution in [3.8, 4) is 0 Å². The maximum absolute atomic E-state index is 13.1. The first kappa shape index (κ1) is 27.4. The van der Waals surface area contributed by atoms with Crippen LogP contribution in [0.25, 0.3) is 0 Å². The van der Waals surface area contributed by atoms with Gasteiger partial charge < -0.3 is 9.53 Å². The van der Waals surface area contributed by atoms with E-state index in [-0.39, 0.29) is 23.0 Å². The van der Waals surface area contributed by atoms with Gasteiger partial charge in [-0.25, -0.2) is 0 Å². The Bertz CT molecular complexity index is 679. The van der Waals surface area contributed by atoms with Gasteiger partial charge in [0.05, 0.1) is 12.2 Å². The van der Waals surface area contributed by atoms with Crippen LogP contribution >= 0.6 is 0 Å². The summed E-state index contributed by atoms with van der Waals surface area (Å²) in [5, 5.41) is 10.1. The Morgan fingerprint density at radius 1 is 1.03 bits per heavy atom. The molecule has 0 aromatic carbocycles. The molecule has 0 aliphatic heterocycles. The van der Waals surface area contributed by atoms with Crippen LogP contribution in [-0.2, 0) is 9.22 Å². The molecule has 8 atom stereocenters. The Labute approximate surface area is 206 Å². The third kappa shape index (κ3) is 4.44. The summed E-state index contributed by atoms with van der Waals surface area (Å²) in [5.41, 5.74) is 1.81. The molecule has 3 aliphatic rings. The van der Waals surface area contributed by atoms with Crippen molar-refractivity contribution in [3.63, 3.8) is 0 Å². The normalized spacial score (nSPS) is 40.4. The quantitative estimate of drug-likeness (QED) is 0.362. The number of aliphatic hydroxyl groups excluding tert-OH is 1. The Hall–Kier alpha value is -0.193. The number of rotatable bonds is 8. The molecule has 3 nitrogen and oxygen atoms in total. The molecular weight excluding hydrogens is 424 g/mol. The molecule has 3 saturated carbocycles. The first-order chi connectivity index (χ1) is 15.2. The zero-order chi connectivity index (χ0) is 24.9. The van der Waals surface area contributed by atoms with E-state index >= 15 is 0 Å². The number of ketones is 1. The standard InChI is InChI=1S/C29H54O3Si/c1-18(2)33(19(3)4,20(5)6)32-27-15-23-13-11-21(7)25(14-12-22(8)30)29(23,10)26-16-24(31)17-28(26,27)9/h18-23,25-27,30H,11-17H2,1-10H3/t21-,22?,23+,25+,26+,27+,28-,29+/m0/s1. The molecule has 0 aromatic heterocycles. The molecule has 3 aliphatic carbocycles. The zero-order valence-corrected chi connectivity index (χ0v) is 24.4. The second-order valence-electron chi connectivity index (χ2n) is 13.8. The molecule has 0 aromatic rings. The lowest BCUT2D eigenvalue weighted by Crippen LogP contribution is -2.62. The van der Waals surface area contributed by atoms with Gasteiger partial charge in [-0.1, -0.05) is 68.7 Å². The lowest BCUT2D eigenvalue weighted by atomic mass is 9.43. The molecule has 0 amide bonds. The average Bonchev–Trinajstić information content (AvgIpc) is 3.01. The molecule has 0 saturated heterocycles. The van der Waals surface area contributed by atoms with Crippen molar-refractivity contribution in [2.24, 2.45) is 34.5 Å². The van der Waals surface area contributed by atoms with E-state index in [2.05, 4.69) is 62.3 Å². The summed E-state index contributed by atoms with van der Waals surface area (Å²) in [7, 11) is -2.03. The molecule has 4 heteroatoms. The summed E-state index contributed by atoms with van der Waals surface area (Å²) in [6.07, 6.45) is 7.01. The SMILES string of the molecule is CC(O)CC[C@@H]1[C@@H](C)CC[C@@H]2C[C@@H](O[Si](C(C)C)(C(C)C)C(C)C)[C@@]3(C)CC(=O)C[C@H]3[C@]21C. The summed E-state index contributed by atoms with van der Waals surface area (Å²) >= 11 is 0. The van der Waals surface area contributed by atoms with Gasteiger partial charge in [-0.15, -0.1) is 0 Å². The zero-order valence-electron chi connectivity index (χ0n) is 23.4. The van der Waals surface area contributed by atoms with E-state index in [0.29, 0.717) is 52.5 Å². The molecule has 1 N–H and O–H groups in total. The molecule has 3 rings (SSSR count). The van der Waals surface area contributed by atoms with E-state index in [1.165, 1.54) is 12.8 Å². The second kappa shape index (κ2) is 9.69. The predicted molar refractivity (Wildman–Crippen MR) is 141 cm³/mol. The highest BCUT2D eigenvalue weighted by molar-refractivity contribution is 6.77. The number of carbonyl (C=O) groups excluding carboxylic acids is 1. The van der Waals surface area contributed by atoms with Crippen LogP contribution in [0.5, 0.6) is 0 Å². The molecule has 1 unspecified atom stereocenters. The minimum atomic E-state index is -2.03. The number of hydrogen-bond acceptors (Lipinski definition) is 3. The molecule has 3 fully saturated rings. The second-order valence-corrected chi connectivity index (χ2v) is 19.2. The van der Waals surface area contributed by atoms with Crippen molar-refractivity contribution in [2.45, 2.75) is 143 Å². The molecule has 33 heavy (non-hydrogen) atoms. The van der Waals surface area contributed by atoms with Gasteiger partial charge in [-0.2, -0.15) is 0 Å². The molecule has 192 valence electrons. The van der Waals surface area contributed by atoms with E-state index < -0.39 is 8.32 Å². The van der Waals surface area contributed by atoms with E-state index in [1.54, 1.807) is 0 Å². The maximum atomic E-state index is 13.1. The minimum absolute atomic E-state index is 0.0562. The minimum Gasteiger partial charge on any atom is -0.413 e. The van der Waals surface area contributed by atoms with Crippen LogP contribution in [0.15, 0.2) is 0 Å². The van der Waals surface area contributed by atoms with Crippen LogP contribution < -0.4 is 0 Å². The highest BCUT2D eigenvalue weighted by Gasteiger charge is 2.66. The highest BCUT2D eigenvalue weighted by atomic mass is 28.4. The van der Waals surface area contributed by atoms with Gasteiger partial charge in [0.1, 0.15) is 5.78 Å². The number of aliphatic hydroxyl groups is 1. The maximum Gasteiger partial charge on any atom is 0.200 e. The van der Waals surface area contributed by atoms with E-state index in [1.807, 2.05) is 6.92 Å². The first-order valence-corrected chi connectivity index (χ1v) is 16.2. The van der Waals surface area contributed by atoms with E-state index in [0.717, 1.165) is 25.7 Å². The number of carbonyl (C=O) groups is 1. The largest absolute Gasteiger partial charge is 0.413 e. The predicted octanol–water partition coefficient (Wildman–Crippen LogP) is 7.77. The van der Waals surface area contributed by atoms with Gasteiger partial charge in [0.15, 0.2) is 0 Å². The van der Waals surface area contributed by atoms with Crippen LogP contribution in [0.2, 0.25) is 16.6 Å². The monoisotopic (exact) mass is 478 g/mol. The Balaban J connectivity index is 2.03. The van der Waals surface area contributed by atoms with Crippen LogP contribution in [0.1, 0.15) is 114 Å². The van der Waals surface area contributed by atoms with Crippen molar-refractivity contribution in [1.29, 1.82) is 0 Å². The van der Waals surface area contributed by atoms with E-state index in [9.17, 15) is 9.90 Å². The molecule has 0 radical (unpaired) electrons. The number of fused-ring (bicyclic) bond motifs is 3. The fourth-order valence-electron chi connectivity index (χ4n) is 9.54. The van der Waals surface area contributed by atoms with Crippen molar-refractivity contribution in [3.05, 3.63) is 0 Å². The lowest BCUT2D eigenvalue weighted by Gasteiger charge is -2.64. The molecule has 0 heterocycles. The first-order valence-electron chi connectivity index (χ1n) is 14.1. The van der Waals surface area contributed by atoms with Gasteiger partial charge in [0, 0.05) is 18.3 Å². The third-order valence-corrected chi connectivity index (χ3v) is 17.2. The average molecular weight is 479 g/mol. The molecular formula is C29H54O3Si. The summed E-state index contributed by atoms with van der Waals surface area (Å²) in [6.45, 7) is 23.6. The van der Waals surface area contributed by atoms with Crippen LogP contribution in [0.4, 0.5) is 0 Å². The van der Waals surface area contributed by atoms with Gasteiger partial charge in [-0.3, -0.25) is 4.79 Å². The third-order valence-electron chi connectivity index (χ3n) is 11.1. The fraction of sp³-hybridized carbons (Fsp3) is 0.966. The van der Waals surface area contributed by atoms with Crippen molar-refractivity contribution >= 4 is 14.1 Å². The summed E-state index contributed by atoms with van der Waals surface area (Å²) in [5.74, 6) is 2.74. The van der Waals surface area contributed by atoms with Gasteiger partial charge in [0.25, 0.3) is 0 Å². The Morgan fingerprint density at radius 2 is 1.61 bits per heavy atom. The molecule has 0 bridgehead atoms. The summed E-state index contributed by atoms with van der Waals surface area (Å²) in [6, 6.07) is 0. The van der Waals surface area contributed by atoms with Crippen molar-refractivity contribution in [2.75, 3.05) is 0 Å². The lowest BCUT2D eigenvalue weighted by molar-refractivity contribution is -0.169. The number of hydrogen-bond donors (Lipinski definition) is 1. The fourth-order valence-corrected chi connectivity index (χ4v) is 15.2. The van der Waals surface area contributed by atoms with Crippen molar-refractivity contribution in [1.82, 2.24) is 0 Å². The number of Topliss-reactive ketones (excluding diaryl/α,β-unsaturated/α-hetero) is 1. The summed E-state index contributed by atoms with van der Waals surface area (Å²) < 4.78 is 7.53.